The van der Waals surface area contributed by atoms with Gasteiger partial charge in [0.1, 0.15) is 6.10 Å². The smallest absolute Gasteiger partial charge is 0.384 e. The highest BCUT2D eigenvalue weighted by Gasteiger charge is 2.36. The van der Waals surface area contributed by atoms with Crippen LogP contribution in [0.1, 0.15) is 11.7 Å². The van der Waals surface area contributed by atoms with Gasteiger partial charge in [-0.15, -0.1) is 0 Å². The number of hydrogen-bond acceptors (Lipinski definition) is 1. The molecular weight excluding hydrogens is 193 g/mol. The van der Waals surface area contributed by atoms with Gasteiger partial charge in [0, 0.05) is 0 Å². The predicted molar refractivity (Wildman–Crippen MR) is 46.6 cm³/mol. The Labute approximate surface area is 79.5 Å². The summed E-state index contributed by atoms with van der Waals surface area (Å²) in [5, 5.41) is 9.31. The molecule has 0 aliphatic carbocycles. The summed E-state index contributed by atoms with van der Waals surface area (Å²) >= 11 is 0. The molecule has 76 valence electrons. The second-order valence-corrected chi connectivity index (χ2v) is 2.84. The first-order valence-corrected chi connectivity index (χ1v) is 3.92. The number of aliphatic hydroxyl groups excluding tert-OH is 1. The standard InChI is InChI=1S/C10H9F3O/c1-7(10(11,12)13)9(14)8-5-3-2-4-6-8/h2-6,9,14H,1H2. The van der Waals surface area contributed by atoms with Gasteiger partial charge in [-0.1, -0.05) is 36.9 Å². The minimum Gasteiger partial charge on any atom is -0.384 e. The first kappa shape index (κ1) is 10.8. The Morgan fingerprint density at radius 3 is 2.14 bits per heavy atom. The average Bonchev–Trinajstić information content (AvgIpc) is 2.15. The molecule has 0 amide bonds. The molecule has 1 rings (SSSR count). The Morgan fingerprint density at radius 2 is 1.71 bits per heavy atom. The lowest BCUT2D eigenvalue weighted by molar-refractivity contribution is -0.105. The van der Waals surface area contributed by atoms with Crippen molar-refractivity contribution in [3.8, 4) is 0 Å². The number of halogens is 3. The van der Waals surface area contributed by atoms with Crippen molar-refractivity contribution in [2.24, 2.45) is 0 Å². The normalized spacial score (nSPS) is 13.7. The van der Waals surface area contributed by atoms with Crippen LogP contribution < -0.4 is 0 Å². The van der Waals surface area contributed by atoms with E-state index >= 15 is 0 Å². The van der Waals surface area contributed by atoms with Crippen molar-refractivity contribution in [3.63, 3.8) is 0 Å². The lowest BCUT2D eigenvalue weighted by Gasteiger charge is -2.16. The van der Waals surface area contributed by atoms with Gasteiger partial charge in [-0.05, 0) is 5.56 Å². The van der Waals surface area contributed by atoms with E-state index in [-0.39, 0.29) is 5.56 Å². The van der Waals surface area contributed by atoms with E-state index in [9.17, 15) is 18.3 Å². The molecule has 0 aromatic heterocycles. The molecule has 1 nitrogen and oxygen atoms in total. The molecule has 0 spiro atoms. The summed E-state index contributed by atoms with van der Waals surface area (Å²) in [7, 11) is 0. The molecule has 14 heavy (non-hydrogen) atoms. The van der Waals surface area contributed by atoms with E-state index in [4.69, 9.17) is 0 Å². The second-order valence-electron chi connectivity index (χ2n) is 2.84. The van der Waals surface area contributed by atoms with Crippen LogP contribution in [0.4, 0.5) is 13.2 Å². The topological polar surface area (TPSA) is 20.2 Å². The highest BCUT2D eigenvalue weighted by atomic mass is 19.4. The minimum absolute atomic E-state index is 0.190. The Hall–Kier alpha value is -1.29. The number of benzene rings is 1. The Morgan fingerprint density at radius 1 is 1.21 bits per heavy atom. The summed E-state index contributed by atoms with van der Waals surface area (Å²) in [6.45, 7) is 2.83. The Bertz CT molecular complexity index is 316. The molecule has 1 N–H and O–H groups in total. The molecule has 1 unspecified atom stereocenters. The third-order valence-corrected chi connectivity index (χ3v) is 1.81. The fourth-order valence-electron chi connectivity index (χ4n) is 0.992. The van der Waals surface area contributed by atoms with Crippen LogP contribution in [0.25, 0.3) is 0 Å². The fraction of sp³-hybridized carbons (Fsp3) is 0.200. The van der Waals surface area contributed by atoms with Gasteiger partial charge < -0.3 is 5.11 Å². The van der Waals surface area contributed by atoms with Crippen molar-refractivity contribution in [1.82, 2.24) is 0 Å². The maximum Gasteiger partial charge on any atom is 0.414 e. The van der Waals surface area contributed by atoms with Crippen molar-refractivity contribution in [1.29, 1.82) is 0 Å². The molecule has 0 aliphatic heterocycles. The second kappa shape index (κ2) is 3.84. The van der Waals surface area contributed by atoms with E-state index < -0.39 is 17.9 Å². The van der Waals surface area contributed by atoms with Gasteiger partial charge in [-0.2, -0.15) is 13.2 Å². The summed E-state index contributed by atoms with van der Waals surface area (Å²) in [5.41, 5.74) is -0.960. The molecule has 0 bridgehead atoms. The first-order valence-electron chi connectivity index (χ1n) is 3.92. The van der Waals surface area contributed by atoms with Crippen LogP contribution in [0.5, 0.6) is 0 Å². The van der Waals surface area contributed by atoms with Crippen LogP contribution in [0.3, 0.4) is 0 Å². The Balaban J connectivity index is 2.87. The summed E-state index contributed by atoms with van der Waals surface area (Å²) in [4.78, 5) is 0. The highest BCUT2D eigenvalue weighted by molar-refractivity contribution is 5.26. The van der Waals surface area contributed by atoms with Gasteiger partial charge >= 0.3 is 6.18 Å². The number of hydrogen-bond donors (Lipinski definition) is 1. The van der Waals surface area contributed by atoms with Crippen molar-refractivity contribution in [3.05, 3.63) is 48.0 Å². The first-order chi connectivity index (χ1) is 6.43. The Kier molecular flexibility index (Phi) is 2.96. The van der Waals surface area contributed by atoms with E-state index in [1.807, 2.05) is 0 Å². The van der Waals surface area contributed by atoms with Crippen LogP contribution in [0.2, 0.25) is 0 Å². The van der Waals surface area contributed by atoms with Gasteiger partial charge in [0.05, 0.1) is 5.57 Å². The molecule has 0 fully saturated rings. The van der Waals surface area contributed by atoms with Gasteiger partial charge in [0.25, 0.3) is 0 Å². The summed E-state index contributed by atoms with van der Waals surface area (Å²) in [5.74, 6) is 0. The summed E-state index contributed by atoms with van der Waals surface area (Å²) in [6, 6.07) is 7.61. The van der Waals surface area contributed by atoms with E-state index in [0.717, 1.165) is 0 Å². The monoisotopic (exact) mass is 202 g/mol. The van der Waals surface area contributed by atoms with Gasteiger partial charge in [0.2, 0.25) is 0 Å². The third kappa shape index (κ3) is 2.35. The number of alkyl halides is 3. The van der Waals surface area contributed by atoms with Crippen molar-refractivity contribution >= 4 is 0 Å². The molecule has 4 heteroatoms. The zero-order chi connectivity index (χ0) is 10.8. The fourth-order valence-corrected chi connectivity index (χ4v) is 0.992. The van der Waals surface area contributed by atoms with E-state index in [2.05, 4.69) is 6.58 Å². The minimum atomic E-state index is -4.56. The van der Waals surface area contributed by atoms with Crippen LogP contribution in [-0.2, 0) is 0 Å². The quantitative estimate of drug-likeness (QED) is 0.731. The lowest BCUT2D eigenvalue weighted by Crippen LogP contribution is -2.17. The van der Waals surface area contributed by atoms with E-state index in [1.54, 1.807) is 18.2 Å². The molecule has 0 radical (unpaired) electrons. The van der Waals surface area contributed by atoms with E-state index in [0.29, 0.717) is 0 Å². The summed E-state index contributed by atoms with van der Waals surface area (Å²) in [6.07, 6.45) is -6.24. The highest BCUT2D eigenvalue weighted by Crippen LogP contribution is 2.33. The third-order valence-electron chi connectivity index (χ3n) is 1.81. The molecule has 0 aliphatic rings. The van der Waals surface area contributed by atoms with Crippen molar-refractivity contribution < 1.29 is 18.3 Å². The maximum absolute atomic E-state index is 12.1. The van der Waals surface area contributed by atoms with Crippen LogP contribution in [0.15, 0.2) is 42.5 Å². The van der Waals surface area contributed by atoms with Gasteiger partial charge in [0.15, 0.2) is 0 Å². The molecule has 1 aromatic rings. The summed E-state index contributed by atoms with van der Waals surface area (Å²) < 4.78 is 36.4. The maximum atomic E-state index is 12.1. The zero-order valence-electron chi connectivity index (χ0n) is 7.25. The van der Waals surface area contributed by atoms with E-state index in [1.165, 1.54) is 12.1 Å². The molecule has 0 saturated heterocycles. The molecule has 1 aromatic carbocycles. The SMILES string of the molecule is C=C(C(O)c1ccccc1)C(F)(F)F. The number of aliphatic hydroxyl groups is 1. The molecule has 0 heterocycles. The van der Waals surface area contributed by atoms with Crippen LogP contribution >= 0.6 is 0 Å². The largest absolute Gasteiger partial charge is 0.414 e. The average molecular weight is 202 g/mol. The van der Waals surface area contributed by atoms with Crippen molar-refractivity contribution in [2.45, 2.75) is 12.3 Å². The van der Waals surface area contributed by atoms with Crippen LogP contribution in [-0.4, -0.2) is 11.3 Å². The van der Waals surface area contributed by atoms with Gasteiger partial charge in [-0.25, -0.2) is 0 Å². The van der Waals surface area contributed by atoms with Crippen LogP contribution in [0, 0.1) is 0 Å². The number of rotatable bonds is 2. The molecule has 0 saturated carbocycles. The zero-order valence-corrected chi connectivity index (χ0v) is 7.25. The predicted octanol–water partition coefficient (Wildman–Crippen LogP) is 2.84. The molecule has 1 atom stereocenters. The van der Waals surface area contributed by atoms with Gasteiger partial charge in [-0.3, -0.25) is 0 Å². The lowest BCUT2D eigenvalue weighted by atomic mass is 10.0. The van der Waals surface area contributed by atoms with Crippen molar-refractivity contribution in [2.75, 3.05) is 0 Å². The molecular formula is C10H9F3O.